The van der Waals surface area contributed by atoms with Gasteiger partial charge in [-0.05, 0) is 49.5 Å². The number of thiocarbonyl (C=S) groups is 1. The molecule has 7 nitrogen and oxygen atoms in total. The fourth-order valence-corrected chi connectivity index (χ4v) is 3.72. The molecule has 30 heavy (non-hydrogen) atoms. The summed E-state index contributed by atoms with van der Waals surface area (Å²) in [4.78, 5) is 13.9. The van der Waals surface area contributed by atoms with Crippen LogP contribution in [0.4, 0.5) is 5.69 Å². The van der Waals surface area contributed by atoms with E-state index < -0.39 is 0 Å². The summed E-state index contributed by atoms with van der Waals surface area (Å²) in [5, 5.41) is 4.32. The van der Waals surface area contributed by atoms with Crippen molar-refractivity contribution in [3.8, 4) is 17.2 Å². The number of rotatable bonds is 5. The first-order chi connectivity index (χ1) is 14.5. The molecular formula is C21H21ClN2O5S. The Morgan fingerprint density at radius 2 is 2.10 bits per heavy atom. The second-order valence-corrected chi connectivity index (χ2v) is 7.77. The monoisotopic (exact) mass is 448 g/mol. The first kappa shape index (κ1) is 20.7. The van der Waals surface area contributed by atoms with Gasteiger partial charge in [-0.25, -0.2) is 0 Å². The molecule has 2 aliphatic heterocycles. The Morgan fingerprint density at radius 1 is 1.27 bits per heavy atom. The number of carbonyl (C=O) groups is 1. The highest BCUT2D eigenvalue weighted by Crippen LogP contribution is 2.34. The standard InChI is InChI=1S/C21H21ClN2O5S/c1-13(25)17-8-14(22)2-4-18(17)27-11-16-10-24(6-7-26-16)21(30)23-15-3-5-19-20(9-15)29-12-28-19/h2-5,8-9,16H,6-7,10-12H2,1H3,(H,23,30). The van der Waals surface area contributed by atoms with E-state index in [0.717, 1.165) is 11.4 Å². The minimum atomic E-state index is -0.189. The highest BCUT2D eigenvalue weighted by atomic mass is 35.5. The Hall–Kier alpha value is -2.55. The lowest BCUT2D eigenvalue weighted by molar-refractivity contribution is -0.0281. The number of fused-ring (bicyclic) bond motifs is 1. The molecule has 2 aliphatic rings. The molecule has 0 aliphatic carbocycles. The van der Waals surface area contributed by atoms with Gasteiger partial charge in [0.2, 0.25) is 6.79 Å². The van der Waals surface area contributed by atoms with E-state index in [1.165, 1.54) is 6.92 Å². The average molecular weight is 449 g/mol. The summed E-state index contributed by atoms with van der Waals surface area (Å²) >= 11 is 11.6. The number of anilines is 1. The minimum Gasteiger partial charge on any atom is -0.490 e. The summed E-state index contributed by atoms with van der Waals surface area (Å²) in [5.41, 5.74) is 1.28. The number of morpholine rings is 1. The molecule has 0 aromatic heterocycles. The lowest BCUT2D eigenvalue weighted by atomic mass is 10.1. The van der Waals surface area contributed by atoms with Gasteiger partial charge in [0.15, 0.2) is 22.4 Å². The Kier molecular flexibility index (Phi) is 6.26. The molecule has 0 radical (unpaired) electrons. The summed E-state index contributed by atoms with van der Waals surface area (Å²) in [6.45, 7) is 3.78. The van der Waals surface area contributed by atoms with Crippen LogP contribution < -0.4 is 19.5 Å². The zero-order valence-electron chi connectivity index (χ0n) is 16.4. The smallest absolute Gasteiger partial charge is 0.231 e. The molecule has 1 atom stereocenters. The van der Waals surface area contributed by atoms with E-state index >= 15 is 0 Å². The Labute approximate surface area is 184 Å². The van der Waals surface area contributed by atoms with E-state index in [4.69, 9.17) is 42.8 Å². The molecule has 158 valence electrons. The molecule has 1 unspecified atom stereocenters. The maximum Gasteiger partial charge on any atom is 0.231 e. The minimum absolute atomic E-state index is 0.104. The normalized spacial score (nSPS) is 17.5. The molecule has 0 bridgehead atoms. The van der Waals surface area contributed by atoms with Crippen LogP contribution in [0.5, 0.6) is 17.2 Å². The maximum atomic E-state index is 11.8. The molecule has 1 N–H and O–H groups in total. The van der Waals surface area contributed by atoms with E-state index in [2.05, 4.69) is 5.32 Å². The van der Waals surface area contributed by atoms with Crippen molar-refractivity contribution in [3.63, 3.8) is 0 Å². The van der Waals surface area contributed by atoms with Gasteiger partial charge in [-0.1, -0.05) is 11.6 Å². The Morgan fingerprint density at radius 3 is 2.93 bits per heavy atom. The molecule has 0 spiro atoms. The molecule has 0 amide bonds. The van der Waals surface area contributed by atoms with Crippen LogP contribution >= 0.6 is 23.8 Å². The second kappa shape index (κ2) is 9.07. The van der Waals surface area contributed by atoms with E-state index in [9.17, 15) is 4.79 Å². The molecular weight excluding hydrogens is 428 g/mol. The van der Waals surface area contributed by atoms with Gasteiger partial charge in [0.1, 0.15) is 18.5 Å². The van der Waals surface area contributed by atoms with Gasteiger partial charge in [0.25, 0.3) is 0 Å². The van der Waals surface area contributed by atoms with E-state index in [-0.39, 0.29) is 18.7 Å². The number of halogens is 1. The molecule has 9 heteroatoms. The Bertz CT molecular complexity index is 970. The van der Waals surface area contributed by atoms with Crippen LogP contribution in [-0.4, -0.2) is 55.0 Å². The number of hydrogen-bond acceptors (Lipinski definition) is 6. The van der Waals surface area contributed by atoms with Crippen molar-refractivity contribution in [3.05, 3.63) is 47.0 Å². The number of hydrogen-bond donors (Lipinski definition) is 1. The molecule has 2 aromatic rings. The van der Waals surface area contributed by atoms with Crippen molar-refractivity contribution in [2.24, 2.45) is 0 Å². The zero-order chi connectivity index (χ0) is 21.1. The third kappa shape index (κ3) is 4.77. The number of ether oxygens (including phenoxy) is 4. The SMILES string of the molecule is CC(=O)c1cc(Cl)ccc1OCC1CN(C(=S)Nc2ccc3c(c2)OCO3)CCO1. The number of nitrogens with zero attached hydrogens (tertiary/aromatic N) is 1. The van der Waals surface area contributed by atoms with Crippen molar-refractivity contribution in [1.29, 1.82) is 0 Å². The van der Waals surface area contributed by atoms with Gasteiger partial charge in [-0.15, -0.1) is 0 Å². The van der Waals surface area contributed by atoms with Crippen molar-refractivity contribution in [1.82, 2.24) is 4.90 Å². The van der Waals surface area contributed by atoms with Gasteiger partial charge in [0.05, 0.1) is 12.2 Å². The molecule has 4 rings (SSSR count). The number of nitrogens with one attached hydrogen (secondary N) is 1. The van der Waals surface area contributed by atoms with E-state index in [1.807, 2.05) is 23.1 Å². The van der Waals surface area contributed by atoms with Gasteiger partial charge < -0.3 is 29.2 Å². The topological polar surface area (TPSA) is 69.3 Å². The third-order valence-electron chi connectivity index (χ3n) is 4.80. The van der Waals surface area contributed by atoms with Gasteiger partial charge in [-0.2, -0.15) is 0 Å². The summed E-state index contributed by atoms with van der Waals surface area (Å²) in [7, 11) is 0. The largest absolute Gasteiger partial charge is 0.490 e. The number of ketones is 1. The summed E-state index contributed by atoms with van der Waals surface area (Å²) in [6, 6.07) is 10.6. The number of carbonyl (C=O) groups excluding carboxylic acids is 1. The van der Waals surface area contributed by atoms with Crippen molar-refractivity contribution in [2.75, 3.05) is 38.4 Å². The van der Waals surface area contributed by atoms with Crippen LogP contribution in [0, 0.1) is 0 Å². The van der Waals surface area contributed by atoms with Crippen LogP contribution in [0.2, 0.25) is 5.02 Å². The molecule has 2 heterocycles. The maximum absolute atomic E-state index is 11.8. The molecule has 1 saturated heterocycles. The van der Waals surface area contributed by atoms with Crippen LogP contribution in [0.3, 0.4) is 0 Å². The highest BCUT2D eigenvalue weighted by molar-refractivity contribution is 7.80. The predicted octanol–water partition coefficient (Wildman–Crippen LogP) is 3.75. The highest BCUT2D eigenvalue weighted by Gasteiger charge is 2.24. The fourth-order valence-electron chi connectivity index (χ4n) is 3.27. The fraction of sp³-hybridized carbons (Fsp3) is 0.333. The number of Topliss-reactive ketones (excluding diaryl/α,β-unsaturated/α-hetero) is 1. The molecule has 1 fully saturated rings. The van der Waals surface area contributed by atoms with Crippen LogP contribution in [0.25, 0.3) is 0 Å². The predicted molar refractivity (Wildman–Crippen MR) is 117 cm³/mol. The van der Waals surface area contributed by atoms with Gasteiger partial charge in [0, 0.05) is 29.9 Å². The summed E-state index contributed by atoms with van der Waals surface area (Å²) in [5.74, 6) is 1.81. The lowest BCUT2D eigenvalue weighted by Gasteiger charge is -2.34. The van der Waals surface area contributed by atoms with Crippen molar-refractivity contribution < 1.29 is 23.7 Å². The van der Waals surface area contributed by atoms with Crippen LogP contribution in [0.15, 0.2) is 36.4 Å². The summed E-state index contributed by atoms with van der Waals surface area (Å²) in [6.07, 6.45) is -0.189. The van der Waals surface area contributed by atoms with Gasteiger partial charge >= 0.3 is 0 Å². The first-order valence-corrected chi connectivity index (χ1v) is 10.3. The van der Waals surface area contributed by atoms with Crippen LogP contribution in [0.1, 0.15) is 17.3 Å². The Balaban J connectivity index is 1.34. The van der Waals surface area contributed by atoms with Crippen LogP contribution in [-0.2, 0) is 4.74 Å². The average Bonchev–Trinajstić information content (AvgIpc) is 3.21. The quantitative estimate of drug-likeness (QED) is 0.548. The summed E-state index contributed by atoms with van der Waals surface area (Å²) < 4.78 is 22.4. The van der Waals surface area contributed by atoms with E-state index in [0.29, 0.717) is 53.5 Å². The first-order valence-electron chi connectivity index (χ1n) is 9.50. The molecule has 2 aromatic carbocycles. The lowest BCUT2D eigenvalue weighted by Crippen LogP contribution is -2.49. The van der Waals surface area contributed by atoms with E-state index in [1.54, 1.807) is 18.2 Å². The van der Waals surface area contributed by atoms with Crippen molar-refractivity contribution in [2.45, 2.75) is 13.0 Å². The molecule has 0 saturated carbocycles. The second-order valence-electron chi connectivity index (χ2n) is 6.94. The van der Waals surface area contributed by atoms with Gasteiger partial charge in [-0.3, -0.25) is 4.79 Å². The zero-order valence-corrected chi connectivity index (χ0v) is 17.9. The number of benzene rings is 2. The third-order valence-corrected chi connectivity index (χ3v) is 5.39. The van der Waals surface area contributed by atoms with Crippen molar-refractivity contribution >= 4 is 40.4 Å².